The molecule has 236 valence electrons. The molecule has 0 radical (unpaired) electrons. The number of amides is 1. The van der Waals surface area contributed by atoms with Gasteiger partial charge >= 0.3 is 12.1 Å². The predicted octanol–water partition coefficient (Wildman–Crippen LogP) is 4.44. The molecule has 4 aliphatic rings. The number of carboxylic acid groups (broad SMARTS) is 1. The second-order valence-corrected chi connectivity index (χ2v) is 12.2. The van der Waals surface area contributed by atoms with E-state index in [1.54, 1.807) is 15.5 Å². The molecule has 1 amide bonds. The van der Waals surface area contributed by atoms with E-state index in [0.717, 1.165) is 31.7 Å². The van der Waals surface area contributed by atoms with Gasteiger partial charge in [-0.15, -0.1) is 0 Å². The number of hydrogen-bond acceptors (Lipinski definition) is 8. The monoisotopic (exact) mass is 614 g/mol. The highest BCUT2D eigenvalue weighted by Crippen LogP contribution is 2.38. The summed E-state index contributed by atoms with van der Waals surface area (Å²) >= 11 is 0. The Kier molecular flexibility index (Phi) is 8.08. The number of nitrogens with zero attached hydrogens (tertiary/aromatic N) is 4. The van der Waals surface area contributed by atoms with Gasteiger partial charge in [0.1, 0.15) is 35.3 Å². The molecule has 2 saturated heterocycles. The second kappa shape index (κ2) is 11.8. The summed E-state index contributed by atoms with van der Waals surface area (Å²) < 4.78 is 43.2. The number of pyridine rings is 2. The van der Waals surface area contributed by atoms with E-state index < -0.39 is 46.3 Å². The van der Waals surface area contributed by atoms with E-state index in [1.165, 1.54) is 17.2 Å². The van der Waals surface area contributed by atoms with E-state index in [9.17, 15) is 24.6 Å². The van der Waals surface area contributed by atoms with Crippen molar-refractivity contribution in [3.05, 3.63) is 57.6 Å². The number of cyclic esters (lactones) is 1. The van der Waals surface area contributed by atoms with Gasteiger partial charge in [0.2, 0.25) is 5.43 Å². The van der Waals surface area contributed by atoms with Gasteiger partial charge in [-0.3, -0.25) is 9.69 Å². The Bertz CT molecular complexity index is 1600. The minimum atomic E-state index is -1.37. The maximum Gasteiger partial charge on any atom is 0.410 e. The lowest BCUT2D eigenvalue weighted by atomic mass is 9.96. The molecule has 13 heteroatoms. The number of aromatic nitrogens is 2. The van der Waals surface area contributed by atoms with Crippen molar-refractivity contribution in [2.75, 3.05) is 31.1 Å². The molecule has 2 aliphatic carbocycles. The first-order valence-electron chi connectivity index (χ1n) is 15.2. The zero-order chi connectivity index (χ0) is 31.2. The van der Waals surface area contributed by atoms with Crippen molar-refractivity contribution in [2.24, 2.45) is 0 Å². The highest BCUT2D eigenvalue weighted by atomic mass is 19.1. The average molecular weight is 615 g/mol. The molecule has 2 aromatic heterocycles. The lowest BCUT2D eigenvalue weighted by Crippen LogP contribution is -2.37. The molecule has 4 heterocycles. The molecule has 44 heavy (non-hydrogen) atoms. The molecule has 2 unspecified atom stereocenters. The lowest BCUT2D eigenvalue weighted by Gasteiger charge is -2.29. The van der Waals surface area contributed by atoms with E-state index in [2.05, 4.69) is 4.98 Å². The summed E-state index contributed by atoms with van der Waals surface area (Å²) in [4.78, 5) is 44.4. The molecule has 2 aromatic rings. The number of halogens is 2. The van der Waals surface area contributed by atoms with Gasteiger partial charge in [-0.1, -0.05) is 19.4 Å². The minimum absolute atomic E-state index is 0.00523. The molecule has 3 atom stereocenters. The van der Waals surface area contributed by atoms with Crippen LogP contribution in [-0.2, 0) is 9.47 Å². The highest BCUT2D eigenvalue weighted by molar-refractivity contribution is 5.92. The van der Waals surface area contributed by atoms with Crippen molar-refractivity contribution in [2.45, 2.75) is 82.1 Å². The van der Waals surface area contributed by atoms with Crippen LogP contribution in [0.3, 0.4) is 0 Å². The van der Waals surface area contributed by atoms with Crippen LogP contribution in [0.25, 0.3) is 11.0 Å². The summed E-state index contributed by atoms with van der Waals surface area (Å²) in [6.45, 7) is 2.86. The number of carbonyl (C=O) groups excluding carboxylic acids is 1. The Hall–Kier alpha value is -4.00. The number of aliphatic hydroxyl groups is 1. The standard InChI is InChI=1S/C31H36F2N4O7/c1-2-4-20-15-37(30(41)44-20)19-7-8-25(23(32)13-19)43-17-31(42)9-3-11-35(12-10-31)28-24(33)14-21-26(38)22(29(39)40)16-36(18-5-6-18)27(21)34-28/h7-8,14,16,18-20,42H,2-6,9-13,15,17H2,1H3,(H,39,40)/t19?,20-,31?/m0/s1. The molecule has 0 spiro atoms. The number of fused-ring (bicyclic) bond motifs is 1. The Balaban J connectivity index is 1.12. The van der Waals surface area contributed by atoms with E-state index in [4.69, 9.17) is 9.47 Å². The Morgan fingerprint density at radius 2 is 2.02 bits per heavy atom. The zero-order valence-corrected chi connectivity index (χ0v) is 24.5. The van der Waals surface area contributed by atoms with Crippen LogP contribution >= 0.6 is 0 Å². The summed E-state index contributed by atoms with van der Waals surface area (Å²) in [6.07, 6.45) is 8.03. The Morgan fingerprint density at radius 3 is 2.73 bits per heavy atom. The fourth-order valence-corrected chi connectivity index (χ4v) is 6.26. The first-order valence-corrected chi connectivity index (χ1v) is 15.2. The normalized spacial score (nSPS) is 25.9. The molecule has 1 saturated carbocycles. The van der Waals surface area contributed by atoms with Gasteiger partial charge in [0.15, 0.2) is 17.4 Å². The Morgan fingerprint density at radius 1 is 1.23 bits per heavy atom. The van der Waals surface area contributed by atoms with Gasteiger partial charge in [-0.25, -0.2) is 23.4 Å². The quantitative estimate of drug-likeness (QED) is 0.421. The molecular formula is C31H36F2N4O7. The zero-order valence-electron chi connectivity index (χ0n) is 24.5. The van der Waals surface area contributed by atoms with Crippen LogP contribution in [0.15, 0.2) is 40.8 Å². The predicted molar refractivity (Wildman–Crippen MR) is 156 cm³/mol. The van der Waals surface area contributed by atoms with Crippen LogP contribution in [0, 0.1) is 5.82 Å². The maximum absolute atomic E-state index is 15.4. The number of hydrogen-bond donors (Lipinski definition) is 2. The van der Waals surface area contributed by atoms with Gasteiger partial charge in [0.05, 0.1) is 18.0 Å². The Labute approximate surface area is 252 Å². The van der Waals surface area contributed by atoms with Crippen molar-refractivity contribution >= 4 is 28.9 Å². The number of rotatable bonds is 9. The van der Waals surface area contributed by atoms with Crippen molar-refractivity contribution < 1.29 is 38.1 Å². The number of allylic oxidation sites excluding steroid dienone is 1. The van der Waals surface area contributed by atoms with E-state index in [-0.39, 0.29) is 60.7 Å². The van der Waals surface area contributed by atoms with Crippen molar-refractivity contribution in [1.82, 2.24) is 14.5 Å². The molecular weight excluding hydrogens is 578 g/mol. The molecule has 3 fully saturated rings. The molecule has 0 bridgehead atoms. The van der Waals surface area contributed by atoms with Crippen molar-refractivity contribution in [1.29, 1.82) is 0 Å². The highest BCUT2D eigenvalue weighted by Gasteiger charge is 2.38. The summed E-state index contributed by atoms with van der Waals surface area (Å²) in [7, 11) is 0. The molecule has 11 nitrogen and oxygen atoms in total. The second-order valence-electron chi connectivity index (χ2n) is 12.2. The number of carboxylic acids is 1. The average Bonchev–Trinajstić information content (AvgIpc) is 3.78. The van der Waals surface area contributed by atoms with Gasteiger partial charge < -0.3 is 29.2 Å². The van der Waals surface area contributed by atoms with E-state index in [1.807, 2.05) is 6.92 Å². The SMILES string of the molecule is CCC[C@H]1CN(C2C=CC(OCC3(O)CCCN(c4nc5c(cc4F)c(=O)c(C(=O)O)cn5C4CC4)CC3)=C(F)C2)C(=O)O1. The molecule has 6 rings (SSSR count). The van der Waals surface area contributed by atoms with Crippen molar-refractivity contribution in [3.8, 4) is 0 Å². The van der Waals surface area contributed by atoms with Gasteiger partial charge in [0, 0.05) is 31.7 Å². The topological polar surface area (TPSA) is 134 Å². The number of aromatic carboxylic acids is 1. The molecule has 0 aromatic carbocycles. The summed E-state index contributed by atoms with van der Waals surface area (Å²) in [5.41, 5.74) is -2.28. The first kappa shape index (κ1) is 30.0. The third kappa shape index (κ3) is 5.89. The van der Waals surface area contributed by atoms with Gasteiger partial charge in [-0.2, -0.15) is 0 Å². The number of anilines is 1. The van der Waals surface area contributed by atoms with Crippen LogP contribution in [0.5, 0.6) is 0 Å². The third-order valence-electron chi connectivity index (χ3n) is 8.86. The fraction of sp³-hybridized carbons (Fsp3) is 0.548. The number of carbonyl (C=O) groups is 2. The smallest absolute Gasteiger partial charge is 0.410 e. The fourth-order valence-electron chi connectivity index (χ4n) is 6.26. The summed E-state index contributed by atoms with van der Waals surface area (Å²) in [6, 6.07) is 0.576. The first-order chi connectivity index (χ1) is 21.1. The lowest BCUT2D eigenvalue weighted by molar-refractivity contribution is -0.0343. The maximum atomic E-state index is 15.4. The molecule has 2 aliphatic heterocycles. The van der Waals surface area contributed by atoms with Gasteiger partial charge in [0.25, 0.3) is 0 Å². The van der Waals surface area contributed by atoms with E-state index >= 15 is 8.78 Å². The van der Waals surface area contributed by atoms with E-state index in [0.29, 0.717) is 25.9 Å². The third-order valence-corrected chi connectivity index (χ3v) is 8.86. The van der Waals surface area contributed by atoms with Crippen LogP contribution in [0.2, 0.25) is 0 Å². The number of ether oxygens (including phenoxy) is 2. The van der Waals surface area contributed by atoms with Crippen LogP contribution in [0.4, 0.5) is 19.4 Å². The minimum Gasteiger partial charge on any atom is -0.488 e. The van der Waals surface area contributed by atoms with Crippen LogP contribution in [-0.4, -0.2) is 80.7 Å². The van der Waals surface area contributed by atoms with Gasteiger partial charge in [-0.05, 0) is 50.7 Å². The largest absolute Gasteiger partial charge is 0.488 e. The van der Waals surface area contributed by atoms with Crippen molar-refractivity contribution in [3.63, 3.8) is 0 Å². The molecule has 2 N–H and O–H groups in total. The van der Waals surface area contributed by atoms with Crippen LogP contribution < -0.4 is 10.3 Å². The summed E-state index contributed by atoms with van der Waals surface area (Å²) in [5.74, 6) is -2.61. The van der Waals surface area contributed by atoms with Crippen LogP contribution in [0.1, 0.15) is 74.7 Å². The summed E-state index contributed by atoms with van der Waals surface area (Å²) in [5, 5.41) is 20.7.